The molecule has 0 aromatic carbocycles. The lowest BCUT2D eigenvalue weighted by Crippen LogP contribution is -2.19. The first-order valence-corrected chi connectivity index (χ1v) is 4.85. The number of carbonyl (C=O) groups is 1. The molecule has 2 nitrogen and oxygen atoms in total. The first-order chi connectivity index (χ1) is 5.99. The molecule has 0 saturated carbocycles. The van der Waals surface area contributed by atoms with Crippen LogP contribution in [0.1, 0.15) is 40.5 Å². The molecule has 13 heavy (non-hydrogen) atoms. The molecule has 2 heteroatoms. The lowest BCUT2D eigenvalue weighted by Gasteiger charge is -2.18. The van der Waals surface area contributed by atoms with Crippen molar-refractivity contribution in [3.63, 3.8) is 0 Å². The number of aliphatic hydroxyl groups excluding tert-OH is 1. The van der Waals surface area contributed by atoms with Gasteiger partial charge in [-0.25, -0.2) is 0 Å². The molecule has 0 aliphatic carbocycles. The van der Waals surface area contributed by atoms with Crippen LogP contribution in [-0.2, 0) is 4.79 Å². The van der Waals surface area contributed by atoms with E-state index in [1.54, 1.807) is 6.92 Å². The van der Waals surface area contributed by atoms with E-state index in [4.69, 9.17) is 0 Å². The number of aliphatic hydroxyl groups is 1. The Bertz CT molecular complexity index is 194. The van der Waals surface area contributed by atoms with E-state index in [1.165, 1.54) is 13.0 Å². The van der Waals surface area contributed by atoms with E-state index in [1.807, 2.05) is 6.92 Å². The third kappa shape index (κ3) is 4.83. The Hall–Kier alpha value is -0.630. The first kappa shape index (κ1) is 12.4. The molecule has 0 rings (SSSR count). The van der Waals surface area contributed by atoms with Gasteiger partial charge < -0.3 is 5.11 Å². The maximum atomic E-state index is 10.8. The molecular weight excluding hydrogens is 164 g/mol. The van der Waals surface area contributed by atoms with Crippen molar-refractivity contribution in [3.8, 4) is 0 Å². The SMILES string of the molecule is CCCC(C)C(O)/C(C)=C/C(C)=O. The van der Waals surface area contributed by atoms with Crippen molar-refractivity contribution in [3.05, 3.63) is 11.6 Å². The fraction of sp³-hybridized carbons (Fsp3) is 0.727. The van der Waals surface area contributed by atoms with Gasteiger partial charge in [0.15, 0.2) is 5.78 Å². The molecule has 0 aliphatic heterocycles. The fourth-order valence-corrected chi connectivity index (χ4v) is 1.47. The molecule has 0 heterocycles. The third-order valence-corrected chi connectivity index (χ3v) is 2.18. The van der Waals surface area contributed by atoms with Crippen molar-refractivity contribution >= 4 is 5.78 Å². The standard InChI is InChI=1S/C11H20O2/c1-5-6-8(2)11(13)9(3)7-10(4)12/h7-8,11,13H,5-6H2,1-4H3/b9-7+. The van der Waals surface area contributed by atoms with Crippen molar-refractivity contribution < 1.29 is 9.90 Å². The molecule has 0 aromatic heterocycles. The Morgan fingerprint density at radius 2 is 2.00 bits per heavy atom. The van der Waals surface area contributed by atoms with E-state index >= 15 is 0 Å². The summed E-state index contributed by atoms with van der Waals surface area (Å²) in [4.78, 5) is 10.8. The van der Waals surface area contributed by atoms with Gasteiger partial charge in [-0.2, -0.15) is 0 Å². The van der Waals surface area contributed by atoms with Gasteiger partial charge in [-0.3, -0.25) is 4.79 Å². The van der Waals surface area contributed by atoms with Gasteiger partial charge in [0.1, 0.15) is 0 Å². The summed E-state index contributed by atoms with van der Waals surface area (Å²) in [5.74, 6) is 0.237. The minimum atomic E-state index is -0.469. The van der Waals surface area contributed by atoms with Gasteiger partial charge in [-0.05, 0) is 37.8 Å². The number of rotatable bonds is 5. The van der Waals surface area contributed by atoms with Crippen LogP contribution in [0.5, 0.6) is 0 Å². The van der Waals surface area contributed by atoms with Crippen LogP contribution < -0.4 is 0 Å². The molecule has 0 bridgehead atoms. The molecule has 0 saturated heterocycles. The molecule has 0 radical (unpaired) electrons. The molecule has 2 unspecified atom stereocenters. The lowest BCUT2D eigenvalue weighted by atomic mass is 9.94. The van der Waals surface area contributed by atoms with Gasteiger partial charge in [0.2, 0.25) is 0 Å². The lowest BCUT2D eigenvalue weighted by molar-refractivity contribution is -0.112. The van der Waals surface area contributed by atoms with Crippen LogP contribution in [0, 0.1) is 5.92 Å². The molecule has 0 amide bonds. The molecule has 0 aromatic rings. The van der Waals surface area contributed by atoms with Gasteiger partial charge in [0.05, 0.1) is 6.10 Å². The van der Waals surface area contributed by atoms with Gasteiger partial charge >= 0.3 is 0 Å². The molecule has 1 N–H and O–H groups in total. The second kappa shape index (κ2) is 5.92. The van der Waals surface area contributed by atoms with Gasteiger partial charge in [-0.15, -0.1) is 0 Å². The van der Waals surface area contributed by atoms with Crippen molar-refractivity contribution in [2.24, 2.45) is 5.92 Å². The quantitative estimate of drug-likeness (QED) is 0.666. The van der Waals surface area contributed by atoms with E-state index < -0.39 is 6.10 Å². The fourth-order valence-electron chi connectivity index (χ4n) is 1.47. The Kier molecular flexibility index (Phi) is 5.63. The highest BCUT2D eigenvalue weighted by molar-refractivity contribution is 5.88. The summed E-state index contributed by atoms with van der Waals surface area (Å²) in [6, 6.07) is 0. The summed E-state index contributed by atoms with van der Waals surface area (Å²) >= 11 is 0. The topological polar surface area (TPSA) is 37.3 Å². The third-order valence-electron chi connectivity index (χ3n) is 2.18. The van der Waals surface area contributed by atoms with Crippen LogP contribution in [0.3, 0.4) is 0 Å². The molecule has 0 fully saturated rings. The summed E-state index contributed by atoms with van der Waals surface area (Å²) < 4.78 is 0. The van der Waals surface area contributed by atoms with E-state index in [2.05, 4.69) is 6.92 Å². The predicted molar refractivity (Wildman–Crippen MR) is 54.5 cm³/mol. The predicted octanol–water partition coefficient (Wildman–Crippen LogP) is 2.32. The highest BCUT2D eigenvalue weighted by Crippen LogP contribution is 2.16. The number of hydrogen-bond donors (Lipinski definition) is 1. The van der Waals surface area contributed by atoms with Crippen molar-refractivity contribution in [2.45, 2.75) is 46.6 Å². The molecule has 0 aliphatic rings. The van der Waals surface area contributed by atoms with E-state index in [-0.39, 0.29) is 11.7 Å². The molecule has 76 valence electrons. The van der Waals surface area contributed by atoms with Crippen molar-refractivity contribution in [1.82, 2.24) is 0 Å². The number of carbonyl (C=O) groups excluding carboxylic acids is 1. The van der Waals surface area contributed by atoms with Gasteiger partial charge in [0, 0.05) is 0 Å². The maximum Gasteiger partial charge on any atom is 0.152 e. The molecule has 2 atom stereocenters. The second-order valence-electron chi connectivity index (χ2n) is 3.71. The smallest absolute Gasteiger partial charge is 0.152 e. The van der Waals surface area contributed by atoms with Gasteiger partial charge in [0.25, 0.3) is 0 Å². The maximum absolute atomic E-state index is 10.8. The molecular formula is C11H20O2. The van der Waals surface area contributed by atoms with E-state index in [0.717, 1.165) is 18.4 Å². The van der Waals surface area contributed by atoms with Crippen molar-refractivity contribution in [2.75, 3.05) is 0 Å². The average Bonchev–Trinajstić information content (AvgIpc) is 2.02. The van der Waals surface area contributed by atoms with E-state index in [9.17, 15) is 9.90 Å². The number of allylic oxidation sites excluding steroid dienone is 1. The summed E-state index contributed by atoms with van der Waals surface area (Å²) in [5, 5.41) is 9.75. The molecule has 0 spiro atoms. The second-order valence-corrected chi connectivity index (χ2v) is 3.71. The largest absolute Gasteiger partial charge is 0.388 e. The summed E-state index contributed by atoms with van der Waals surface area (Å²) in [6.45, 7) is 7.40. The first-order valence-electron chi connectivity index (χ1n) is 4.85. The average molecular weight is 184 g/mol. The Labute approximate surface area is 80.7 Å². The van der Waals surface area contributed by atoms with Crippen LogP contribution in [-0.4, -0.2) is 17.0 Å². The number of hydrogen-bond acceptors (Lipinski definition) is 2. The monoisotopic (exact) mass is 184 g/mol. The zero-order valence-electron chi connectivity index (χ0n) is 9.00. The van der Waals surface area contributed by atoms with Gasteiger partial charge in [-0.1, -0.05) is 20.3 Å². The normalized spacial score (nSPS) is 16.8. The minimum absolute atomic E-state index is 0.000230. The van der Waals surface area contributed by atoms with Crippen LogP contribution in [0.15, 0.2) is 11.6 Å². The highest BCUT2D eigenvalue weighted by Gasteiger charge is 2.14. The van der Waals surface area contributed by atoms with E-state index in [0.29, 0.717) is 0 Å². The highest BCUT2D eigenvalue weighted by atomic mass is 16.3. The number of ketones is 1. The zero-order chi connectivity index (χ0) is 10.4. The zero-order valence-corrected chi connectivity index (χ0v) is 9.00. The minimum Gasteiger partial charge on any atom is -0.388 e. The van der Waals surface area contributed by atoms with Crippen LogP contribution in [0.25, 0.3) is 0 Å². The summed E-state index contributed by atoms with van der Waals surface area (Å²) in [5.41, 5.74) is 0.772. The summed E-state index contributed by atoms with van der Waals surface area (Å²) in [7, 11) is 0. The van der Waals surface area contributed by atoms with Crippen LogP contribution in [0.4, 0.5) is 0 Å². The Balaban J connectivity index is 4.23. The Morgan fingerprint density at radius 3 is 2.38 bits per heavy atom. The summed E-state index contributed by atoms with van der Waals surface area (Å²) in [6.07, 6.45) is 3.09. The Morgan fingerprint density at radius 1 is 1.46 bits per heavy atom. The van der Waals surface area contributed by atoms with Crippen molar-refractivity contribution in [1.29, 1.82) is 0 Å². The van der Waals surface area contributed by atoms with Crippen LogP contribution in [0.2, 0.25) is 0 Å². The van der Waals surface area contributed by atoms with Crippen LogP contribution >= 0.6 is 0 Å².